The van der Waals surface area contributed by atoms with E-state index in [0.717, 1.165) is 11.8 Å². The molecule has 1 N–H and O–H groups in total. The first-order valence-electron chi connectivity index (χ1n) is 5.53. The summed E-state index contributed by atoms with van der Waals surface area (Å²) in [6, 6.07) is 0. The van der Waals surface area contributed by atoms with E-state index in [-0.39, 0.29) is 0 Å². The van der Waals surface area contributed by atoms with Crippen LogP contribution in [0.5, 0.6) is 0 Å². The van der Waals surface area contributed by atoms with Crippen LogP contribution in [0.4, 0.5) is 0 Å². The average molecular weight is 169 g/mol. The van der Waals surface area contributed by atoms with Gasteiger partial charge >= 0.3 is 0 Å². The zero-order chi connectivity index (χ0) is 8.81. The SMILES string of the molecule is CCC(CCNC)C1CCCC1. The molecule has 0 radical (unpaired) electrons. The average Bonchev–Trinajstić information content (AvgIpc) is 2.59. The van der Waals surface area contributed by atoms with Crippen molar-refractivity contribution in [1.82, 2.24) is 5.32 Å². The van der Waals surface area contributed by atoms with E-state index >= 15 is 0 Å². The highest BCUT2D eigenvalue weighted by molar-refractivity contribution is 4.74. The van der Waals surface area contributed by atoms with E-state index in [4.69, 9.17) is 0 Å². The van der Waals surface area contributed by atoms with Gasteiger partial charge in [0.2, 0.25) is 0 Å². The molecule has 0 aromatic rings. The normalized spacial score (nSPS) is 21.5. The zero-order valence-corrected chi connectivity index (χ0v) is 8.60. The van der Waals surface area contributed by atoms with Gasteiger partial charge in [0.05, 0.1) is 0 Å². The van der Waals surface area contributed by atoms with Gasteiger partial charge in [-0.3, -0.25) is 0 Å². The van der Waals surface area contributed by atoms with Crippen molar-refractivity contribution in [3.63, 3.8) is 0 Å². The summed E-state index contributed by atoms with van der Waals surface area (Å²) in [5, 5.41) is 3.26. The fourth-order valence-electron chi connectivity index (χ4n) is 2.53. The van der Waals surface area contributed by atoms with Crippen LogP contribution in [0.1, 0.15) is 45.4 Å². The van der Waals surface area contributed by atoms with Crippen LogP contribution in [0.2, 0.25) is 0 Å². The first kappa shape index (κ1) is 10.0. The van der Waals surface area contributed by atoms with Crippen LogP contribution in [-0.2, 0) is 0 Å². The zero-order valence-electron chi connectivity index (χ0n) is 8.60. The second kappa shape index (κ2) is 5.58. The number of hydrogen-bond donors (Lipinski definition) is 1. The van der Waals surface area contributed by atoms with E-state index in [2.05, 4.69) is 19.3 Å². The monoisotopic (exact) mass is 169 g/mol. The second-order valence-corrected chi connectivity index (χ2v) is 4.11. The number of rotatable bonds is 5. The van der Waals surface area contributed by atoms with Crippen molar-refractivity contribution in [3.05, 3.63) is 0 Å². The highest BCUT2D eigenvalue weighted by Gasteiger charge is 2.22. The Bertz CT molecular complexity index is 106. The van der Waals surface area contributed by atoms with Crippen molar-refractivity contribution in [2.75, 3.05) is 13.6 Å². The molecule has 1 saturated carbocycles. The molecule has 0 saturated heterocycles. The van der Waals surface area contributed by atoms with Crippen molar-refractivity contribution in [3.8, 4) is 0 Å². The first-order valence-corrected chi connectivity index (χ1v) is 5.53. The molecule has 1 heteroatoms. The molecular formula is C11H23N. The molecule has 0 amide bonds. The predicted molar refractivity (Wildman–Crippen MR) is 54.3 cm³/mol. The van der Waals surface area contributed by atoms with Gasteiger partial charge in [0.25, 0.3) is 0 Å². The van der Waals surface area contributed by atoms with Crippen LogP contribution >= 0.6 is 0 Å². The van der Waals surface area contributed by atoms with Crippen molar-refractivity contribution in [1.29, 1.82) is 0 Å². The van der Waals surface area contributed by atoms with E-state index in [9.17, 15) is 0 Å². The maximum Gasteiger partial charge on any atom is -0.00492 e. The predicted octanol–water partition coefficient (Wildman–Crippen LogP) is 2.81. The Labute approximate surface area is 76.9 Å². The van der Waals surface area contributed by atoms with Crippen molar-refractivity contribution in [2.24, 2.45) is 11.8 Å². The Balaban J connectivity index is 2.22. The minimum Gasteiger partial charge on any atom is -0.320 e. The van der Waals surface area contributed by atoms with Gasteiger partial charge in [-0.25, -0.2) is 0 Å². The van der Waals surface area contributed by atoms with Gasteiger partial charge in [-0.05, 0) is 31.8 Å². The standard InChI is InChI=1S/C11H23N/c1-3-10(8-9-12-2)11-6-4-5-7-11/h10-12H,3-9H2,1-2H3. The smallest absolute Gasteiger partial charge is 0.00492 e. The molecule has 0 aliphatic heterocycles. The van der Waals surface area contributed by atoms with Crippen LogP contribution < -0.4 is 5.32 Å². The van der Waals surface area contributed by atoms with Gasteiger partial charge in [-0.15, -0.1) is 0 Å². The Hall–Kier alpha value is -0.0400. The van der Waals surface area contributed by atoms with Gasteiger partial charge in [0, 0.05) is 0 Å². The van der Waals surface area contributed by atoms with E-state index in [1.54, 1.807) is 0 Å². The topological polar surface area (TPSA) is 12.0 Å². The third kappa shape index (κ3) is 2.78. The maximum absolute atomic E-state index is 3.26. The highest BCUT2D eigenvalue weighted by atomic mass is 14.8. The Morgan fingerprint density at radius 2 is 2.00 bits per heavy atom. The summed E-state index contributed by atoms with van der Waals surface area (Å²) in [5.41, 5.74) is 0. The molecule has 1 aliphatic rings. The summed E-state index contributed by atoms with van der Waals surface area (Å²) >= 11 is 0. The molecule has 1 rings (SSSR count). The van der Waals surface area contributed by atoms with E-state index in [1.165, 1.54) is 45.1 Å². The summed E-state index contributed by atoms with van der Waals surface area (Å²) in [5.74, 6) is 2.06. The molecule has 1 fully saturated rings. The first-order chi connectivity index (χ1) is 5.88. The van der Waals surface area contributed by atoms with Gasteiger partial charge in [-0.1, -0.05) is 39.0 Å². The summed E-state index contributed by atoms with van der Waals surface area (Å²) in [4.78, 5) is 0. The quantitative estimate of drug-likeness (QED) is 0.667. The molecule has 0 aromatic heterocycles. The summed E-state index contributed by atoms with van der Waals surface area (Å²) in [6.07, 6.45) is 8.75. The maximum atomic E-state index is 3.26. The third-order valence-electron chi connectivity index (χ3n) is 3.36. The molecule has 72 valence electrons. The van der Waals surface area contributed by atoms with Crippen LogP contribution in [0.3, 0.4) is 0 Å². The molecule has 0 aromatic carbocycles. The highest BCUT2D eigenvalue weighted by Crippen LogP contribution is 2.34. The van der Waals surface area contributed by atoms with E-state index in [0.29, 0.717) is 0 Å². The Kier molecular flexibility index (Phi) is 4.67. The lowest BCUT2D eigenvalue weighted by Crippen LogP contribution is -2.17. The molecule has 1 unspecified atom stereocenters. The van der Waals surface area contributed by atoms with Gasteiger partial charge in [-0.2, -0.15) is 0 Å². The molecule has 0 spiro atoms. The minimum atomic E-state index is 1.000. The van der Waals surface area contributed by atoms with Crippen LogP contribution in [0.25, 0.3) is 0 Å². The fourth-order valence-corrected chi connectivity index (χ4v) is 2.53. The van der Waals surface area contributed by atoms with E-state index < -0.39 is 0 Å². The molecule has 1 nitrogen and oxygen atoms in total. The van der Waals surface area contributed by atoms with Gasteiger partial charge < -0.3 is 5.32 Å². The minimum absolute atomic E-state index is 1.000. The van der Waals surface area contributed by atoms with Crippen LogP contribution in [0, 0.1) is 11.8 Å². The number of nitrogens with one attached hydrogen (secondary N) is 1. The lowest BCUT2D eigenvalue weighted by molar-refractivity contribution is 0.307. The van der Waals surface area contributed by atoms with Crippen molar-refractivity contribution < 1.29 is 0 Å². The van der Waals surface area contributed by atoms with Crippen LogP contribution in [-0.4, -0.2) is 13.6 Å². The van der Waals surface area contributed by atoms with Gasteiger partial charge in [0.1, 0.15) is 0 Å². The molecule has 12 heavy (non-hydrogen) atoms. The second-order valence-electron chi connectivity index (χ2n) is 4.11. The van der Waals surface area contributed by atoms with Gasteiger partial charge in [0.15, 0.2) is 0 Å². The van der Waals surface area contributed by atoms with Crippen LogP contribution in [0.15, 0.2) is 0 Å². The van der Waals surface area contributed by atoms with Crippen molar-refractivity contribution in [2.45, 2.75) is 45.4 Å². The third-order valence-corrected chi connectivity index (χ3v) is 3.36. The lowest BCUT2D eigenvalue weighted by Gasteiger charge is -2.21. The molecular weight excluding hydrogens is 146 g/mol. The lowest BCUT2D eigenvalue weighted by atomic mass is 9.86. The molecule has 1 aliphatic carbocycles. The number of hydrogen-bond acceptors (Lipinski definition) is 1. The molecule has 1 atom stereocenters. The molecule has 0 bridgehead atoms. The summed E-state index contributed by atoms with van der Waals surface area (Å²) in [7, 11) is 2.06. The summed E-state index contributed by atoms with van der Waals surface area (Å²) in [6.45, 7) is 3.55. The van der Waals surface area contributed by atoms with Crippen molar-refractivity contribution >= 4 is 0 Å². The Morgan fingerprint density at radius 1 is 1.33 bits per heavy atom. The largest absolute Gasteiger partial charge is 0.320 e. The Morgan fingerprint density at radius 3 is 2.50 bits per heavy atom. The summed E-state index contributed by atoms with van der Waals surface area (Å²) < 4.78 is 0. The molecule has 0 heterocycles. The van der Waals surface area contributed by atoms with E-state index in [1.807, 2.05) is 0 Å². The fraction of sp³-hybridized carbons (Fsp3) is 1.00.